The van der Waals surface area contributed by atoms with E-state index < -0.39 is 0 Å². The monoisotopic (exact) mass is 238 g/mol. The molecule has 0 radical (unpaired) electrons. The Labute approximate surface area is 124 Å². The Morgan fingerprint density at radius 2 is 1.17 bits per heavy atom. The van der Waals surface area contributed by atoms with E-state index in [0.29, 0.717) is 0 Å². The SMILES string of the molecule is OCCCSSCCCO.[K+].[OH-]. The van der Waals surface area contributed by atoms with E-state index in [0.717, 1.165) is 24.3 Å². The van der Waals surface area contributed by atoms with Crippen LogP contribution in [-0.4, -0.2) is 40.4 Å². The minimum absolute atomic E-state index is 0. The van der Waals surface area contributed by atoms with Gasteiger partial charge in [-0.05, 0) is 12.8 Å². The first kappa shape index (κ1) is 19.7. The molecule has 0 aromatic carbocycles. The molecule has 0 unspecified atom stereocenters. The van der Waals surface area contributed by atoms with Gasteiger partial charge in [-0.3, -0.25) is 0 Å². The van der Waals surface area contributed by atoms with Gasteiger partial charge in [0.2, 0.25) is 0 Å². The van der Waals surface area contributed by atoms with Gasteiger partial charge in [0.05, 0.1) is 0 Å². The Balaban J connectivity index is -0.000000405. The number of rotatable bonds is 7. The molecule has 0 aliphatic carbocycles. The van der Waals surface area contributed by atoms with Crippen molar-refractivity contribution in [3.63, 3.8) is 0 Å². The van der Waals surface area contributed by atoms with Gasteiger partial charge < -0.3 is 15.7 Å². The number of aliphatic hydroxyl groups is 2. The average molecular weight is 238 g/mol. The van der Waals surface area contributed by atoms with E-state index >= 15 is 0 Å². The Morgan fingerprint density at radius 1 is 0.833 bits per heavy atom. The van der Waals surface area contributed by atoms with Gasteiger partial charge in [-0.1, -0.05) is 21.6 Å². The van der Waals surface area contributed by atoms with Crippen molar-refractivity contribution in [2.75, 3.05) is 24.7 Å². The normalized spacial score (nSPS) is 8.50. The molecule has 0 aromatic heterocycles. The van der Waals surface area contributed by atoms with Crippen molar-refractivity contribution >= 4 is 21.6 Å². The smallest absolute Gasteiger partial charge is 0.870 e. The van der Waals surface area contributed by atoms with Gasteiger partial charge in [0.15, 0.2) is 0 Å². The van der Waals surface area contributed by atoms with Crippen LogP contribution in [0.1, 0.15) is 12.8 Å². The number of hydrogen-bond acceptors (Lipinski definition) is 5. The van der Waals surface area contributed by atoms with Gasteiger partial charge in [0.25, 0.3) is 0 Å². The molecule has 0 bridgehead atoms. The molecular weight excluding hydrogens is 223 g/mol. The summed E-state index contributed by atoms with van der Waals surface area (Å²) in [6, 6.07) is 0. The van der Waals surface area contributed by atoms with Crippen LogP contribution in [0.4, 0.5) is 0 Å². The fourth-order valence-electron chi connectivity index (χ4n) is 0.365. The third kappa shape index (κ3) is 18.1. The molecule has 6 heteroatoms. The van der Waals surface area contributed by atoms with Crippen molar-refractivity contribution in [2.24, 2.45) is 0 Å². The van der Waals surface area contributed by atoms with Crippen LogP contribution in [0.25, 0.3) is 0 Å². The maximum atomic E-state index is 8.41. The van der Waals surface area contributed by atoms with Gasteiger partial charge in [0, 0.05) is 24.7 Å². The zero-order valence-corrected chi connectivity index (χ0v) is 12.2. The minimum Gasteiger partial charge on any atom is -0.870 e. The Morgan fingerprint density at radius 3 is 1.42 bits per heavy atom. The summed E-state index contributed by atoms with van der Waals surface area (Å²) in [4.78, 5) is 0. The van der Waals surface area contributed by atoms with Crippen LogP contribution in [0.2, 0.25) is 0 Å². The topological polar surface area (TPSA) is 70.5 Å². The van der Waals surface area contributed by atoms with E-state index in [-0.39, 0.29) is 70.1 Å². The molecule has 0 spiro atoms. The van der Waals surface area contributed by atoms with E-state index in [9.17, 15) is 0 Å². The fourth-order valence-corrected chi connectivity index (χ4v) is 2.51. The molecule has 0 aliphatic heterocycles. The van der Waals surface area contributed by atoms with Crippen LogP contribution in [0.3, 0.4) is 0 Å². The number of aliphatic hydroxyl groups excluding tert-OH is 2. The van der Waals surface area contributed by atoms with E-state index in [1.165, 1.54) is 0 Å². The van der Waals surface area contributed by atoms with Crippen molar-refractivity contribution < 1.29 is 67.1 Å². The predicted octanol–water partition coefficient (Wildman–Crippen LogP) is -2.04. The van der Waals surface area contributed by atoms with Crippen molar-refractivity contribution in [1.82, 2.24) is 0 Å². The molecule has 3 nitrogen and oxygen atoms in total. The first-order valence-corrected chi connectivity index (χ1v) is 5.86. The van der Waals surface area contributed by atoms with E-state index in [2.05, 4.69) is 0 Å². The predicted molar refractivity (Wildman–Crippen MR) is 50.3 cm³/mol. The summed E-state index contributed by atoms with van der Waals surface area (Å²) in [6.07, 6.45) is 1.74. The molecule has 0 heterocycles. The number of hydrogen-bond donors (Lipinski definition) is 2. The molecule has 0 aliphatic rings. The van der Waals surface area contributed by atoms with Crippen molar-refractivity contribution in [2.45, 2.75) is 12.8 Å². The zero-order valence-electron chi connectivity index (χ0n) is 7.40. The summed E-state index contributed by atoms with van der Waals surface area (Å²) in [7, 11) is 3.53. The summed E-state index contributed by atoms with van der Waals surface area (Å²) in [5.74, 6) is 2.01. The maximum Gasteiger partial charge on any atom is 1.00 e. The van der Waals surface area contributed by atoms with Crippen molar-refractivity contribution in [1.29, 1.82) is 0 Å². The van der Waals surface area contributed by atoms with Gasteiger partial charge in [-0.25, -0.2) is 0 Å². The van der Waals surface area contributed by atoms with Crippen LogP contribution in [0.15, 0.2) is 0 Å². The van der Waals surface area contributed by atoms with E-state index in [1.807, 2.05) is 0 Å². The third-order valence-corrected chi connectivity index (χ3v) is 3.43. The van der Waals surface area contributed by atoms with E-state index in [4.69, 9.17) is 10.2 Å². The first-order valence-electron chi connectivity index (χ1n) is 3.38. The summed E-state index contributed by atoms with van der Waals surface area (Å²) in [5.41, 5.74) is 0. The van der Waals surface area contributed by atoms with Gasteiger partial charge in [0.1, 0.15) is 0 Å². The summed E-state index contributed by atoms with van der Waals surface area (Å²) < 4.78 is 0. The molecule has 70 valence electrons. The zero-order chi connectivity index (χ0) is 7.66. The van der Waals surface area contributed by atoms with Crippen LogP contribution in [0, 0.1) is 0 Å². The largest absolute Gasteiger partial charge is 1.00 e. The van der Waals surface area contributed by atoms with Crippen LogP contribution in [-0.2, 0) is 0 Å². The molecular formula is C6H15KO3S2. The Bertz CT molecular complexity index is 60.8. The van der Waals surface area contributed by atoms with Crippen molar-refractivity contribution in [3.8, 4) is 0 Å². The second-order valence-electron chi connectivity index (χ2n) is 1.80. The quantitative estimate of drug-likeness (QED) is 0.304. The first-order chi connectivity index (χ1) is 4.91. The Kier molecular flexibility index (Phi) is 31.1. The molecule has 0 saturated carbocycles. The molecule has 0 aromatic rings. The molecule has 0 atom stereocenters. The van der Waals surface area contributed by atoms with E-state index in [1.54, 1.807) is 21.6 Å². The molecule has 0 rings (SSSR count). The maximum absolute atomic E-state index is 8.41. The second kappa shape index (κ2) is 18.9. The van der Waals surface area contributed by atoms with Crippen LogP contribution in [0.5, 0.6) is 0 Å². The van der Waals surface area contributed by atoms with Gasteiger partial charge >= 0.3 is 51.4 Å². The van der Waals surface area contributed by atoms with Gasteiger partial charge in [-0.2, -0.15) is 0 Å². The Hall–Kier alpha value is 2.22. The van der Waals surface area contributed by atoms with Gasteiger partial charge in [-0.15, -0.1) is 0 Å². The molecule has 3 N–H and O–H groups in total. The summed E-state index contributed by atoms with van der Waals surface area (Å²) in [5, 5.41) is 16.8. The minimum atomic E-state index is 0. The van der Waals surface area contributed by atoms with Crippen LogP contribution >= 0.6 is 21.6 Å². The summed E-state index contributed by atoms with van der Waals surface area (Å²) >= 11 is 0. The molecule has 0 amide bonds. The average Bonchev–Trinajstić information content (AvgIpc) is 1.97. The molecule has 0 fully saturated rings. The molecule has 0 saturated heterocycles. The molecule has 12 heavy (non-hydrogen) atoms. The third-order valence-electron chi connectivity index (χ3n) is 0.855. The second-order valence-corrected chi connectivity index (χ2v) is 4.50. The van der Waals surface area contributed by atoms with Crippen LogP contribution < -0.4 is 51.4 Å². The fraction of sp³-hybridized carbons (Fsp3) is 1.00. The standard InChI is InChI=1S/C6H14O2S2.K.H2O/c7-3-1-5-9-10-6-2-4-8;;/h7-8H,1-6H2;;1H2/q;+1;/p-1. The summed E-state index contributed by atoms with van der Waals surface area (Å²) in [6.45, 7) is 0.571. The van der Waals surface area contributed by atoms with Crippen molar-refractivity contribution in [3.05, 3.63) is 0 Å².